The molecule has 1 heterocycles. The van der Waals surface area contributed by atoms with Gasteiger partial charge in [-0.25, -0.2) is 0 Å². The molecule has 2 fully saturated rings. The minimum atomic E-state index is -0.924. The maximum atomic E-state index is 12.6. The smallest absolute Gasteiger partial charge is 0.317 e. The third kappa shape index (κ3) is 3.15. The molecule has 6 heteroatoms. The summed E-state index contributed by atoms with van der Waals surface area (Å²) >= 11 is 0. The minimum absolute atomic E-state index is 0.103. The molecular weight excluding hydrogens is 274 g/mol. The number of morpholine rings is 1. The monoisotopic (exact) mass is 295 g/mol. The molecule has 2 rings (SSSR count). The fourth-order valence-corrected chi connectivity index (χ4v) is 2.83. The second kappa shape index (κ2) is 5.97. The summed E-state index contributed by atoms with van der Waals surface area (Å²) in [4.78, 5) is 38.6. The lowest BCUT2D eigenvalue weighted by Gasteiger charge is -2.36. The van der Waals surface area contributed by atoms with Crippen LogP contribution in [0.5, 0.6) is 0 Å². The van der Waals surface area contributed by atoms with Gasteiger partial charge in [0.15, 0.2) is 11.6 Å². The highest BCUT2D eigenvalue weighted by atomic mass is 16.5. The number of esters is 1. The molecule has 1 saturated carbocycles. The van der Waals surface area contributed by atoms with Crippen LogP contribution in [0.15, 0.2) is 11.8 Å². The lowest BCUT2D eigenvalue weighted by molar-refractivity contribution is -0.155. The Kier molecular flexibility index (Phi) is 4.46. The van der Waals surface area contributed by atoms with E-state index in [-0.39, 0.29) is 17.8 Å². The standard InChI is InChI=1S/C15H21NO5/c1-15(2)8-11(17)10(9-16-4-6-21-7-5-16)13(18)12(15)14(19)20-3/h9,12H,4-8H2,1-3H3/b10-9-/t12-/m1/s1. The van der Waals surface area contributed by atoms with Gasteiger partial charge < -0.3 is 14.4 Å². The molecule has 0 N–H and O–H groups in total. The molecule has 0 aromatic rings. The van der Waals surface area contributed by atoms with Crippen LogP contribution in [0.25, 0.3) is 0 Å². The molecule has 1 aliphatic heterocycles. The third-order valence-electron chi connectivity index (χ3n) is 4.02. The molecule has 116 valence electrons. The predicted octanol–water partition coefficient (Wildman–Crippen LogP) is 0.560. The Morgan fingerprint density at radius 3 is 2.52 bits per heavy atom. The zero-order valence-electron chi connectivity index (χ0n) is 12.7. The third-order valence-corrected chi connectivity index (χ3v) is 4.02. The maximum absolute atomic E-state index is 12.6. The van der Waals surface area contributed by atoms with Crippen molar-refractivity contribution in [3.8, 4) is 0 Å². The number of ketones is 2. The van der Waals surface area contributed by atoms with Gasteiger partial charge in [0.05, 0.1) is 25.9 Å². The van der Waals surface area contributed by atoms with E-state index in [1.165, 1.54) is 7.11 Å². The van der Waals surface area contributed by atoms with Crippen LogP contribution in [-0.4, -0.2) is 55.8 Å². The summed E-state index contributed by atoms with van der Waals surface area (Å²) in [7, 11) is 1.26. The van der Waals surface area contributed by atoms with E-state index in [0.29, 0.717) is 26.3 Å². The van der Waals surface area contributed by atoms with E-state index in [9.17, 15) is 14.4 Å². The van der Waals surface area contributed by atoms with Crippen LogP contribution in [0.4, 0.5) is 0 Å². The van der Waals surface area contributed by atoms with Crippen LogP contribution in [0, 0.1) is 11.3 Å². The summed E-state index contributed by atoms with van der Waals surface area (Å²) in [6.07, 6.45) is 1.74. The number of allylic oxidation sites excluding steroid dienone is 1. The molecule has 6 nitrogen and oxygen atoms in total. The van der Waals surface area contributed by atoms with Gasteiger partial charge >= 0.3 is 5.97 Å². The number of ether oxygens (including phenoxy) is 2. The topological polar surface area (TPSA) is 72.9 Å². The van der Waals surface area contributed by atoms with Gasteiger partial charge in [0.2, 0.25) is 0 Å². The van der Waals surface area contributed by atoms with Gasteiger partial charge in [-0.05, 0) is 5.41 Å². The first kappa shape index (κ1) is 15.7. The highest BCUT2D eigenvalue weighted by molar-refractivity contribution is 6.27. The molecular formula is C15H21NO5. The van der Waals surface area contributed by atoms with Crippen molar-refractivity contribution < 1.29 is 23.9 Å². The highest BCUT2D eigenvalue weighted by Gasteiger charge is 2.49. The van der Waals surface area contributed by atoms with Gasteiger partial charge in [0.25, 0.3) is 0 Å². The number of hydrogen-bond acceptors (Lipinski definition) is 6. The number of Topliss-reactive ketones (excluding diaryl/α,β-unsaturated/α-hetero) is 2. The Hall–Kier alpha value is -1.69. The molecule has 0 amide bonds. The van der Waals surface area contributed by atoms with Crippen molar-refractivity contribution in [3.63, 3.8) is 0 Å². The molecule has 1 saturated heterocycles. The number of carbonyl (C=O) groups excluding carboxylic acids is 3. The number of methoxy groups -OCH3 is 1. The Morgan fingerprint density at radius 1 is 1.33 bits per heavy atom. The van der Waals surface area contributed by atoms with Gasteiger partial charge in [-0.15, -0.1) is 0 Å². The van der Waals surface area contributed by atoms with E-state index in [0.717, 1.165) is 0 Å². The summed E-state index contributed by atoms with van der Waals surface area (Å²) in [6.45, 7) is 5.90. The fraction of sp³-hybridized carbons (Fsp3) is 0.667. The van der Waals surface area contributed by atoms with Crippen molar-refractivity contribution in [2.75, 3.05) is 33.4 Å². The fourth-order valence-electron chi connectivity index (χ4n) is 2.83. The van der Waals surface area contributed by atoms with E-state index >= 15 is 0 Å². The van der Waals surface area contributed by atoms with E-state index in [1.54, 1.807) is 20.0 Å². The summed E-state index contributed by atoms with van der Waals surface area (Å²) in [5.74, 6) is -2.15. The molecule has 0 aromatic carbocycles. The van der Waals surface area contributed by atoms with Gasteiger partial charge in [-0.1, -0.05) is 13.8 Å². The van der Waals surface area contributed by atoms with Crippen LogP contribution in [-0.2, 0) is 23.9 Å². The zero-order valence-corrected chi connectivity index (χ0v) is 12.7. The van der Waals surface area contributed by atoms with E-state index in [2.05, 4.69) is 0 Å². The Balaban J connectivity index is 2.29. The largest absolute Gasteiger partial charge is 0.468 e. The maximum Gasteiger partial charge on any atom is 0.317 e. The van der Waals surface area contributed by atoms with Gasteiger partial charge in [-0.2, -0.15) is 0 Å². The Labute approximate surface area is 124 Å². The summed E-state index contributed by atoms with van der Waals surface area (Å²) in [5, 5.41) is 0. The van der Waals surface area contributed by atoms with Crippen LogP contribution < -0.4 is 0 Å². The van der Waals surface area contributed by atoms with Crippen molar-refractivity contribution in [3.05, 3.63) is 11.8 Å². The summed E-state index contributed by atoms with van der Waals surface area (Å²) in [6, 6.07) is 0. The van der Waals surface area contributed by atoms with E-state index < -0.39 is 23.1 Å². The first-order valence-electron chi connectivity index (χ1n) is 7.05. The zero-order chi connectivity index (χ0) is 15.6. The number of carbonyl (C=O) groups is 3. The van der Waals surface area contributed by atoms with Crippen molar-refractivity contribution in [1.82, 2.24) is 4.90 Å². The molecule has 0 bridgehead atoms. The molecule has 0 spiro atoms. The van der Waals surface area contributed by atoms with Crippen LogP contribution in [0.3, 0.4) is 0 Å². The highest BCUT2D eigenvalue weighted by Crippen LogP contribution is 2.39. The first-order chi connectivity index (χ1) is 9.86. The van der Waals surface area contributed by atoms with Crippen molar-refractivity contribution in [2.24, 2.45) is 11.3 Å². The average Bonchev–Trinajstić information content (AvgIpc) is 2.43. The Bertz CT molecular complexity index is 488. The average molecular weight is 295 g/mol. The minimum Gasteiger partial charge on any atom is -0.468 e. The Morgan fingerprint density at radius 2 is 1.95 bits per heavy atom. The van der Waals surface area contributed by atoms with Crippen molar-refractivity contribution in [2.45, 2.75) is 20.3 Å². The SMILES string of the molecule is COC(=O)[C@H]1C(=O)/C(=C\N2CCOCC2)C(=O)CC1(C)C. The molecule has 0 unspecified atom stereocenters. The lowest BCUT2D eigenvalue weighted by Crippen LogP contribution is -2.46. The molecule has 2 aliphatic rings. The quantitative estimate of drug-likeness (QED) is 0.321. The normalized spacial score (nSPS) is 27.9. The summed E-state index contributed by atoms with van der Waals surface area (Å²) in [5.41, 5.74) is -0.615. The molecule has 21 heavy (non-hydrogen) atoms. The van der Waals surface area contributed by atoms with E-state index in [4.69, 9.17) is 9.47 Å². The van der Waals surface area contributed by atoms with E-state index in [1.807, 2.05) is 4.90 Å². The molecule has 0 radical (unpaired) electrons. The second-order valence-electron chi connectivity index (χ2n) is 6.10. The van der Waals surface area contributed by atoms with Gasteiger partial charge in [-0.3, -0.25) is 14.4 Å². The summed E-state index contributed by atoms with van der Waals surface area (Å²) < 4.78 is 9.97. The van der Waals surface area contributed by atoms with Crippen LogP contribution >= 0.6 is 0 Å². The van der Waals surface area contributed by atoms with Gasteiger partial charge in [0.1, 0.15) is 5.92 Å². The van der Waals surface area contributed by atoms with Gasteiger partial charge in [0, 0.05) is 25.7 Å². The molecule has 0 aromatic heterocycles. The number of rotatable bonds is 2. The number of nitrogens with zero attached hydrogens (tertiary/aromatic N) is 1. The van der Waals surface area contributed by atoms with Crippen LogP contribution in [0.2, 0.25) is 0 Å². The van der Waals surface area contributed by atoms with Crippen LogP contribution in [0.1, 0.15) is 20.3 Å². The lowest BCUT2D eigenvalue weighted by atomic mass is 9.66. The van der Waals surface area contributed by atoms with Crippen molar-refractivity contribution >= 4 is 17.5 Å². The molecule has 1 atom stereocenters. The number of hydrogen-bond donors (Lipinski definition) is 0. The molecule has 1 aliphatic carbocycles. The predicted molar refractivity (Wildman–Crippen MR) is 74.4 cm³/mol. The second-order valence-corrected chi connectivity index (χ2v) is 6.10. The first-order valence-corrected chi connectivity index (χ1v) is 7.05. The van der Waals surface area contributed by atoms with Crippen molar-refractivity contribution in [1.29, 1.82) is 0 Å².